The first-order valence-corrected chi connectivity index (χ1v) is 10.5. The van der Waals surface area contributed by atoms with E-state index >= 15 is 0 Å². The fourth-order valence-electron chi connectivity index (χ4n) is 2.59. The zero-order chi connectivity index (χ0) is 17.6. The fraction of sp³-hybridized carbons (Fsp3) is 0.562. The number of halogens is 1. The molecule has 1 aliphatic heterocycles. The minimum atomic E-state index is -3.42. The Morgan fingerprint density at radius 3 is 2.72 bits per heavy atom. The Kier molecular flexibility index (Phi) is 8.99. The molecule has 0 saturated carbocycles. The Balaban J connectivity index is 0.00000312. The van der Waals surface area contributed by atoms with Gasteiger partial charge in [-0.05, 0) is 50.3 Å². The summed E-state index contributed by atoms with van der Waals surface area (Å²) in [5.74, 6) is 1.95. The molecular weight excluding hydrogens is 471 g/mol. The number of hydrogen-bond acceptors (Lipinski definition) is 4. The van der Waals surface area contributed by atoms with E-state index in [9.17, 15) is 8.42 Å². The summed E-state index contributed by atoms with van der Waals surface area (Å²) >= 11 is 2.00. The molecule has 1 atom stereocenters. The largest absolute Gasteiger partial charge is 0.355 e. The van der Waals surface area contributed by atoms with Crippen LogP contribution in [-0.2, 0) is 16.6 Å². The molecule has 1 aromatic carbocycles. The number of thioether (sulfide) groups is 1. The van der Waals surface area contributed by atoms with Gasteiger partial charge in [-0.1, -0.05) is 12.1 Å². The van der Waals surface area contributed by atoms with Gasteiger partial charge in [-0.2, -0.15) is 11.8 Å². The van der Waals surface area contributed by atoms with Gasteiger partial charge < -0.3 is 10.6 Å². The summed E-state index contributed by atoms with van der Waals surface area (Å²) in [7, 11) is -0.273. The minimum absolute atomic E-state index is 0. The highest BCUT2D eigenvalue weighted by Crippen LogP contribution is 2.36. The monoisotopic (exact) mass is 498 g/mol. The first kappa shape index (κ1) is 22.5. The van der Waals surface area contributed by atoms with E-state index in [1.165, 1.54) is 25.6 Å². The van der Waals surface area contributed by atoms with Crippen LogP contribution in [0.3, 0.4) is 0 Å². The van der Waals surface area contributed by atoms with Crippen molar-refractivity contribution in [2.24, 2.45) is 4.99 Å². The second kappa shape index (κ2) is 9.98. The predicted molar refractivity (Wildman–Crippen MR) is 116 cm³/mol. The summed E-state index contributed by atoms with van der Waals surface area (Å²) in [5.41, 5.74) is 0.885. The van der Waals surface area contributed by atoms with Gasteiger partial charge in [0.2, 0.25) is 10.0 Å². The van der Waals surface area contributed by atoms with Gasteiger partial charge in [0.1, 0.15) is 0 Å². The smallest absolute Gasteiger partial charge is 0.240 e. The molecule has 0 bridgehead atoms. The maximum absolute atomic E-state index is 11.9. The van der Waals surface area contributed by atoms with Crippen LogP contribution in [0.1, 0.15) is 25.3 Å². The molecule has 0 amide bonds. The van der Waals surface area contributed by atoms with Crippen molar-refractivity contribution in [3.05, 3.63) is 29.8 Å². The van der Waals surface area contributed by atoms with Crippen LogP contribution in [0.4, 0.5) is 0 Å². The van der Waals surface area contributed by atoms with Crippen molar-refractivity contribution >= 4 is 51.7 Å². The number of sulfonamides is 1. The van der Waals surface area contributed by atoms with Crippen molar-refractivity contribution in [3.63, 3.8) is 0 Å². The summed E-state index contributed by atoms with van der Waals surface area (Å²) in [6.07, 6.45) is 2.48. The van der Waals surface area contributed by atoms with Gasteiger partial charge in [-0.3, -0.25) is 4.99 Å². The molecule has 2 rings (SSSR count). The molecule has 1 unspecified atom stereocenters. The van der Waals surface area contributed by atoms with Gasteiger partial charge in [-0.25, -0.2) is 13.1 Å². The molecule has 25 heavy (non-hydrogen) atoms. The second-order valence-corrected chi connectivity index (χ2v) is 9.61. The van der Waals surface area contributed by atoms with Crippen LogP contribution in [0, 0.1) is 0 Å². The highest BCUT2D eigenvalue weighted by atomic mass is 127. The third-order valence-electron chi connectivity index (χ3n) is 4.09. The van der Waals surface area contributed by atoms with Gasteiger partial charge >= 0.3 is 0 Å². The molecule has 0 aromatic heterocycles. The van der Waals surface area contributed by atoms with Crippen molar-refractivity contribution in [2.45, 2.75) is 36.0 Å². The Morgan fingerprint density at radius 2 is 2.12 bits per heavy atom. The summed E-state index contributed by atoms with van der Waals surface area (Å²) in [6.45, 7) is 3.65. The number of nitrogens with zero attached hydrogens (tertiary/aromatic N) is 1. The zero-order valence-corrected chi connectivity index (χ0v) is 18.8. The number of hydrogen-bond donors (Lipinski definition) is 3. The van der Waals surface area contributed by atoms with Crippen molar-refractivity contribution < 1.29 is 8.42 Å². The van der Waals surface area contributed by atoms with E-state index < -0.39 is 10.0 Å². The lowest BCUT2D eigenvalue weighted by atomic mass is 10.1. The van der Waals surface area contributed by atoms with Crippen LogP contribution in [-0.4, -0.2) is 45.5 Å². The van der Waals surface area contributed by atoms with Gasteiger partial charge in [0, 0.05) is 24.9 Å². The summed E-state index contributed by atoms with van der Waals surface area (Å²) in [5, 5.41) is 6.60. The van der Waals surface area contributed by atoms with Crippen LogP contribution >= 0.6 is 35.7 Å². The molecule has 3 N–H and O–H groups in total. The molecular formula is C16H27IN4O2S2. The van der Waals surface area contributed by atoms with E-state index in [0.29, 0.717) is 6.54 Å². The van der Waals surface area contributed by atoms with Crippen molar-refractivity contribution in [1.29, 1.82) is 0 Å². The lowest BCUT2D eigenvalue weighted by molar-refractivity contribution is 0.584. The molecule has 1 aliphatic rings. The standard InChI is InChI=1S/C16H26N4O2S2.HI/c1-16(8-5-9-23-16)12-20-15(17-2)19-11-13-6-4-7-14(10-13)24(21,22)18-3;/h4,6-7,10,18H,5,8-9,11-12H2,1-3H3,(H2,17,19,20);1H. The number of nitrogens with one attached hydrogen (secondary N) is 3. The van der Waals surface area contributed by atoms with Crippen LogP contribution in [0.25, 0.3) is 0 Å². The van der Waals surface area contributed by atoms with Crippen molar-refractivity contribution in [1.82, 2.24) is 15.4 Å². The first-order valence-electron chi connectivity index (χ1n) is 7.99. The van der Waals surface area contributed by atoms with Gasteiger partial charge in [-0.15, -0.1) is 24.0 Å². The third-order valence-corrected chi connectivity index (χ3v) is 7.04. The number of guanidine groups is 1. The highest BCUT2D eigenvalue weighted by molar-refractivity contribution is 14.0. The lowest BCUT2D eigenvalue weighted by Crippen LogP contribution is -2.43. The van der Waals surface area contributed by atoms with E-state index in [1.807, 2.05) is 17.8 Å². The maximum Gasteiger partial charge on any atom is 0.240 e. The van der Waals surface area contributed by atoms with E-state index in [-0.39, 0.29) is 33.6 Å². The quantitative estimate of drug-likeness (QED) is 0.318. The average molecular weight is 498 g/mol. The number of benzene rings is 1. The van der Waals surface area contributed by atoms with Crippen molar-refractivity contribution in [2.75, 3.05) is 26.4 Å². The number of aliphatic imine (C=N–C) groups is 1. The lowest BCUT2D eigenvalue weighted by Gasteiger charge is -2.24. The van der Waals surface area contributed by atoms with Gasteiger partial charge in [0.15, 0.2) is 5.96 Å². The first-order chi connectivity index (χ1) is 11.4. The molecule has 9 heteroatoms. The topological polar surface area (TPSA) is 82.6 Å². The molecule has 1 fully saturated rings. The Morgan fingerprint density at radius 1 is 1.36 bits per heavy atom. The van der Waals surface area contributed by atoms with E-state index in [4.69, 9.17) is 0 Å². The predicted octanol–water partition coefficient (Wildman–Crippen LogP) is 2.16. The third kappa shape index (κ3) is 6.61. The molecule has 0 aliphatic carbocycles. The van der Waals surface area contributed by atoms with E-state index in [0.717, 1.165) is 18.1 Å². The summed E-state index contributed by atoms with van der Waals surface area (Å²) in [6, 6.07) is 6.89. The van der Waals surface area contributed by atoms with Crippen LogP contribution in [0.2, 0.25) is 0 Å². The fourth-order valence-corrected chi connectivity index (χ4v) is 4.64. The van der Waals surface area contributed by atoms with Crippen molar-refractivity contribution in [3.8, 4) is 0 Å². The molecule has 1 aromatic rings. The molecule has 142 valence electrons. The van der Waals surface area contributed by atoms with Gasteiger partial charge in [0.05, 0.1) is 4.90 Å². The summed E-state index contributed by atoms with van der Waals surface area (Å²) in [4.78, 5) is 4.50. The average Bonchev–Trinajstić information content (AvgIpc) is 3.02. The molecule has 1 heterocycles. The molecule has 1 saturated heterocycles. The SMILES string of the molecule is CN=C(NCc1cccc(S(=O)(=O)NC)c1)NCC1(C)CCCS1.I. The van der Waals surface area contributed by atoms with E-state index in [2.05, 4.69) is 27.3 Å². The molecule has 0 radical (unpaired) electrons. The van der Waals surface area contributed by atoms with Crippen LogP contribution < -0.4 is 15.4 Å². The molecule has 6 nitrogen and oxygen atoms in total. The van der Waals surface area contributed by atoms with Crippen LogP contribution in [0.5, 0.6) is 0 Å². The maximum atomic E-state index is 11.9. The minimum Gasteiger partial charge on any atom is -0.355 e. The number of rotatable bonds is 6. The highest BCUT2D eigenvalue weighted by Gasteiger charge is 2.29. The Bertz CT molecular complexity index is 689. The van der Waals surface area contributed by atoms with Crippen LogP contribution in [0.15, 0.2) is 34.2 Å². The molecule has 0 spiro atoms. The second-order valence-electron chi connectivity index (χ2n) is 6.04. The normalized spacial score (nSPS) is 20.8. The zero-order valence-electron chi connectivity index (χ0n) is 14.8. The van der Waals surface area contributed by atoms with E-state index in [1.54, 1.807) is 25.2 Å². The Labute approximate surface area is 172 Å². The Hall–Kier alpha value is -0.520. The van der Waals surface area contributed by atoms with Gasteiger partial charge in [0.25, 0.3) is 0 Å². The summed E-state index contributed by atoms with van der Waals surface area (Å²) < 4.78 is 26.3.